The summed E-state index contributed by atoms with van der Waals surface area (Å²) in [5.74, 6) is -0.406. The van der Waals surface area contributed by atoms with Crippen molar-refractivity contribution < 1.29 is 9.53 Å². The summed E-state index contributed by atoms with van der Waals surface area (Å²) in [6.45, 7) is 0. The van der Waals surface area contributed by atoms with Gasteiger partial charge in [0.2, 0.25) is 0 Å². The average molecular weight is 244 g/mol. The lowest BCUT2D eigenvalue weighted by Gasteiger charge is -2.08. The number of hydrogen-bond acceptors (Lipinski definition) is 3. The molecule has 1 aromatic carbocycles. The van der Waals surface area contributed by atoms with Gasteiger partial charge in [0.05, 0.1) is 7.11 Å². The monoisotopic (exact) mass is 244 g/mol. The largest absolute Gasteiger partial charge is 0.468 e. The van der Waals surface area contributed by atoms with Crippen molar-refractivity contribution in [1.29, 1.82) is 0 Å². The lowest BCUT2D eigenvalue weighted by atomic mass is 10.0. The van der Waals surface area contributed by atoms with Crippen LogP contribution in [0.25, 0.3) is 10.9 Å². The topological polar surface area (TPSA) is 68.1 Å². The number of benzene rings is 1. The van der Waals surface area contributed by atoms with Crippen molar-refractivity contribution in [1.82, 2.24) is 4.98 Å². The molecule has 0 amide bonds. The number of aromatic nitrogens is 1. The van der Waals surface area contributed by atoms with Crippen LogP contribution in [-0.4, -0.2) is 18.1 Å². The summed E-state index contributed by atoms with van der Waals surface area (Å²) in [6, 6.07) is 3.61. The molecule has 1 heterocycles. The van der Waals surface area contributed by atoms with Gasteiger partial charge in [0.25, 0.3) is 0 Å². The number of hydrogen-bond donors (Lipinski definition) is 2. The molecule has 0 aliphatic heterocycles. The third kappa shape index (κ3) is 1.61. The number of fused-ring (bicyclic) bond motifs is 2. The summed E-state index contributed by atoms with van der Waals surface area (Å²) in [7, 11) is 1.36. The molecule has 0 spiro atoms. The Hall–Kier alpha value is -1.81. The highest BCUT2D eigenvalue weighted by Gasteiger charge is 2.21. The van der Waals surface area contributed by atoms with Crippen molar-refractivity contribution >= 4 is 16.9 Å². The van der Waals surface area contributed by atoms with E-state index in [1.807, 2.05) is 0 Å². The van der Waals surface area contributed by atoms with Crippen LogP contribution in [0.5, 0.6) is 0 Å². The molecular weight excluding hydrogens is 228 g/mol. The number of carbonyl (C=O) groups is 1. The van der Waals surface area contributed by atoms with Crippen LogP contribution in [0.15, 0.2) is 18.3 Å². The van der Waals surface area contributed by atoms with E-state index in [4.69, 9.17) is 10.5 Å². The fraction of sp³-hybridized carbons (Fsp3) is 0.357. The van der Waals surface area contributed by atoms with Crippen molar-refractivity contribution in [2.75, 3.05) is 7.11 Å². The molecule has 3 N–H and O–H groups in total. The number of ether oxygens (including phenoxy) is 1. The van der Waals surface area contributed by atoms with E-state index >= 15 is 0 Å². The van der Waals surface area contributed by atoms with Crippen molar-refractivity contribution in [3.63, 3.8) is 0 Å². The third-order valence-electron chi connectivity index (χ3n) is 3.72. The van der Waals surface area contributed by atoms with E-state index in [0.717, 1.165) is 29.3 Å². The molecule has 1 aromatic heterocycles. The zero-order chi connectivity index (χ0) is 12.7. The van der Waals surface area contributed by atoms with E-state index in [9.17, 15) is 4.79 Å². The summed E-state index contributed by atoms with van der Waals surface area (Å²) in [5.41, 5.74) is 10.5. The van der Waals surface area contributed by atoms with Crippen LogP contribution in [0.4, 0.5) is 0 Å². The molecule has 18 heavy (non-hydrogen) atoms. The first-order valence-corrected chi connectivity index (χ1v) is 6.17. The van der Waals surface area contributed by atoms with Gasteiger partial charge < -0.3 is 15.5 Å². The molecule has 0 fully saturated rings. The molecule has 0 saturated carbocycles. The van der Waals surface area contributed by atoms with Gasteiger partial charge in [-0.15, -0.1) is 0 Å². The van der Waals surface area contributed by atoms with Crippen molar-refractivity contribution in [3.05, 3.63) is 35.0 Å². The minimum absolute atomic E-state index is 0.406. The second-order valence-electron chi connectivity index (χ2n) is 4.76. The molecule has 4 heteroatoms. The lowest BCUT2D eigenvalue weighted by molar-refractivity contribution is -0.142. The summed E-state index contributed by atoms with van der Waals surface area (Å²) >= 11 is 0. The lowest BCUT2D eigenvalue weighted by Crippen LogP contribution is -2.22. The molecule has 1 atom stereocenters. The molecule has 94 valence electrons. The number of nitrogens with one attached hydrogen (secondary N) is 1. The summed E-state index contributed by atoms with van der Waals surface area (Å²) < 4.78 is 4.70. The van der Waals surface area contributed by atoms with Crippen LogP contribution < -0.4 is 5.73 Å². The van der Waals surface area contributed by atoms with Crippen LogP contribution in [0.3, 0.4) is 0 Å². The SMILES string of the molecule is COC(=O)C(N)c1c[nH]c2cc3c(cc12)CCC3. The smallest absolute Gasteiger partial charge is 0.327 e. The maximum absolute atomic E-state index is 11.5. The Morgan fingerprint density at radius 3 is 2.83 bits per heavy atom. The van der Waals surface area contributed by atoms with Crippen LogP contribution in [-0.2, 0) is 22.4 Å². The molecule has 3 rings (SSSR count). The van der Waals surface area contributed by atoms with Gasteiger partial charge in [-0.25, -0.2) is 0 Å². The molecule has 0 saturated heterocycles. The molecule has 2 aromatic rings. The van der Waals surface area contributed by atoms with E-state index in [1.54, 1.807) is 6.20 Å². The Labute approximate surface area is 105 Å². The average Bonchev–Trinajstić information content (AvgIpc) is 2.99. The summed E-state index contributed by atoms with van der Waals surface area (Å²) in [4.78, 5) is 14.7. The predicted octanol–water partition coefficient (Wildman–Crippen LogP) is 1.83. The van der Waals surface area contributed by atoms with Crippen molar-refractivity contribution in [3.8, 4) is 0 Å². The zero-order valence-corrected chi connectivity index (χ0v) is 10.3. The molecule has 0 bridgehead atoms. The molecule has 1 aliphatic rings. The van der Waals surface area contributed by atoms with Gasteiger partial charge in [-0.05, 0) is 42.5 Å². The predicted molar refractivity (Wildman–Crippen MR) is 69.3 cm³/mol. The molecule has 1 unspecified atom stereocenters. The number of methoxy groups -OCH3 is 1. The van der Waals surface area contributed by atoms with E-state index in [0.29, 0.717) is 0 Å². The fourth-order valence-electron chi connectivity index (χ4n) is 2.73. The van der Waals surface area contributed by atoms with Gasteiger partial charge in [0, 0.05) is 22.7 Å². The Morgan fingerprint density at radius 2 is 2.11 bits per heavy atom. The molecule has 0 radical (unpaired) electrons. The van der Waals surface area contributed by atoms with Crippen LogP contribution >= 0.6 is 0 Å². The second kappa shape index (κ2) is 4.14. The van der Waals surface area contributed by atoms with Crippen molar-refractivity contribution in [2.24, 2.45) is 5.73 Å². The third-order valence-corrected chi connectivity index (χ3v) is 3.72. The quantitative estimate of drug-likeness (QED) is 0.792. The number of aryl methyl sites for hydroxylation is 2. The van der Waals surface area contributed by atoms with Gasteiger partial charge in [-0.3, -0.25) is 4.79 Å². The summed E-state index contributed by atoms with van der Waals surface area (Å²) in [6.07, 6.45) is 5.27. The number of rotatable bonds is 2. The van der Waals surface area contributed by atoms with Gasteiger partial charge in [0.1, 0.15) is 6.04 Å². The molecule has 4 nitrogen and oxygen atoms in total. The van der Waals surface area contributed by atoms with Gasteiger partial charge >= 0.3 is 5.97 Å². The van der Waals surface area contributed by atoms with Crippen LogP contribution in [0, 0.1) is 0 Å². The van der Waals surface area contributed by atoms with Gasteiger partial charge in [-0.1, -0.05) is 0 Å². The Balaban J connectivity index is 2.11. The second-order valence-corrected chi connectivity index (χ2v) is 4.76. The van der Waals surface area contributed by atoms with E-state index in [-0.39, 0.29) is 0 Å². The van der Waals surface area contributed by atoms with E-state index < -0.39 is 12.0 Å². The number of H-pyrrole nitrogens is 1. The van der Waals surface area contributed by atoms with Gasteiger partial charge in [0.15, 0.2) is 0 Å². The normalized spacial score (nSPS) is 15.7. The first-order chi connectivity index (χ1) is 8.70. The standard InChI is InChI=1S/C14H16N2O2/c1-18-14(17)13(15)11-7-16-12-6-9-4-2-3-8(9)5-10(11)12/h5-7,13,16H,2-4,15H2,1H3. The number of esters is 1. The number of carbonyl (C=O) groups excluding carboxylic acids is 1. The minimum Gasteiger partial charge on any atom is -0.468 e. The van der Waals surface area contributed by atoms with E-state index in [2.05, 4.69) is 17.1 Å². The first kappa shape index (κ1) is 11.3. The Bertz CT molecular complexity index is 616. The van der Waals surface area contributed by atoms with Crippen LogP contribution in [0.2, 0.25) is 0 Å². The van der Waals surface area contributed by atoms with E-state index in [1.165, 1.54) is 24.7 Å². The number of aromatic amines is 1. The highest BCUT2D eigenvalue weighted by atomic mass is 16.5. The highest BCUT2D eigenvalue weighted by Crippen LogP contribution is 2.30. The highest BCUT2D eigenvalue weighted by molar-refractivity contribution is 5.90. The van der Waals surface area contributed by atoms with Crippen LogP contribution in [0.1, 0.15) is 29.2 Å². The summed E-state index contributed by atoms with van der Waals surface area (Å²) in [5, 5.41) is 1.04. The minimum atomic E-state index is -0.719. The Morgan fingerprint density at radius 1 is 1.39 bits per heavy atom. The maximum Gasteiger partial charge on any atom is 0.327 e. The number of nitrogens with two attached hydrogens (primary N) is 1. The maximum atomic E-state index is 11.5. The molecular formula is C14H16N2O2. The Kier molecular flexibility index (Phi) is 2.59. The molecule has 1 aliphatic carbocycles. The first-order valence-electron chi connectivity index (χ1n) is 6.17. The fourth-order valence-corrected chi connectivity index (χ4v) is 2.73. The zero-order valence-electron chi connectivity index (χ0n) is 10.3. The van der Waals surface area contributed by atoms with Gasteiger partial charge in [-0.2, -0.15) is 0 Å². The van der Waals surface area contributed by atoms with Crippen molar-refractivity contribution in [2.45, 2.75) is 25.3 Å².